The monoisotopic (exact) mass is 490 g/mol. The molecule has 0 aromatic carbocycles. The molecule has 1 atom stereocenters. The largest absolute Gasteiger partial charge is 0.505 e. The Morgan fingerprint density at radius 1 is 0.971 bits per heavy atom. The highest BCUT2D eigenvalue weighted by Gasteiger charge is 2.58. The minimum absolute atomic E-state index is 0.0287. The third-order valence-electron chi connectivity index (χ3n) is 8.38. The van der Waals surface area contributed by atoms with Crippen molar-refractivity contribution in [3.8, 4) is 0 Å². The SMILES string of the molecule is CCN(CC)C(=O)N1CCc2cc(B3OC(C)(C)C(C)(C)O3)sc2[C@H]1B1OC(C)(C)C(C)(C)O1. The van der Waals surface area contributed by atoms with E-state index in [1.54, 1.807) is 11.3 Å². The van der Waals surface area contributed by atoms with Gasteiger partial charge in [-0.2, -0.15) is 0 Å². The molecule has 188 valence electrons. The zero-order valence-corrected chi connectivity index (χ0v) is 23.3. The maximum atomic E-state index is 13.6. The predicted molar refractivity (Wildman–Crippen MR) is 138 cm³/mol. The standard InChI is InChI=1S/C24H40B2N2O5S/c1-11-27(12-2)20(29)28-14-13-16-15-17(25-30-21(3,4)22(5,6)31-25)34-18(16)19(28)26-32-23(7,8)24(9,10)33-26/h15,19H,11-14H2,1-10H3/t19-/m0/s1. The Labute approximate surface area is 209 Å². The first-order chi connectivity index (χ1) is 15.6. The van der Waals surface area contributed by atoms with Crippen LogP contribution in [0.15, 0.2) is 6.07 Å². The van der Waals surface area contributed by atoms with Crippen LogP contribution < -0.4 is 4.78 Å². The van der Waals surface area contributed by atoms with Crippen LogP contribution in [0.2, 0.25) is 0 Å². The first-order valence-electron chi connectivity index (χ1n) is 12.5. The third-order valence-corrected chi connectivity index (χ3v) is 9.65. The van der Waals surface area contributed by atoms with Crippen LogP contribution in [0.1, 0.15) is 85.6 Å². The molecule has 2 fully saturated rings. The Hall–Kier alpha value is -1.06. The molecule has 0 unspecified atom stereocenters. The molecule has 1 aromatic heterocycles. The molecule has 34 heavy (non-hydrogen) atoms. The molecule has 2 amide bonds. The molecular weight excluding hydrogens is 450 g/mol. The second kappa shape index (κ2) is 8.51. The van der Waals surface area contributed by atoms with Crippen molar-refractivity contribution in [2.45, 2.75) is 104 Å². The zero-order valence-electron chi connectivity index (χ0n) is 22.5. The number of hydrogen-bond donors (Lipinski definition) is 0. The number of hydrogen-bond acceptors (Lipinski definition) is 6. The minimum Gasteiger partial charge on any atom is -0.402 e. The van der Waals surface area contributed by atoms with E-state index in [1.165, 1.54) is 5.56 Å². The summed E-state index contributed by atoms with van der Waals surface area (Å²) < 4.78 is 26.7. The molecule has 0 aliphatic carbocycles. The summed E-state index contributed by atoms with van der Waals surface area (Å²) in [5.74, 6) is -0.320. The number of fused-ring (bicyclic) bond motifs is 1. The van der Waals surface area contributed by atoms with Crippen molar-refractivity contribution in [2.75, 3.05) is 19.6 Å². The van der Waals surface area contributed by atoms with Gasteiger partial charge >= 0.3 is 20.3 Å². The number of thiophene rings is 1. The number of amides is 2. The van der Waals surface area contributed by atoms with Gasteiger partial charge in [0.05, 0.1) is 22.4 Å². The van der Waals surface area contributed by atoms with E-state index in [0.717, 1.165) is 16.1 Å². The van der Waals surface area contributed by atoms with Crippen LogP contribution >= 0.6 is 11.3 Å². The summed E-state index contributed by atoms with van der Waals surface area (Å²) in [7, 11) is -0.972. The van der Waals surface area contributed by atoms with Gasteiger partial charge in [-0.3, -0.25) is 0 Å². The second-order valence-electron chi connectivity index (χ2n) is 11.6. The molecule has 10 heteroatoms. The molecule has 2 saturated heterocycles. The first kappa shape index (κ1) is 26.0. The molecule has 0 spiro atoms. The highest BCUT2D eigenvalue weighted by molar-refractivity contribution is 7.22. The van der Waals surface area contributed by atoms with Crippen molar-refractivity contribution >= 4 is 36.4 Å². The molecule has 0 bridgehead atoms. The zero-order chi connectivity index (χ0) is 25.3. The van der Waals surface area contributed by atoms with Gasteiger partial charge in [-0.1, -0.05) is 0 Å². The highest BCUT2D eigenvalue weighted by Crippen LogP contribution is 2.45. The fourth-order valence-corrected chi connectivity index (χ4v) is 5.98. The molecule has 3 aliphatic heterocycles. The van der Waals surface area contributed by atoms with E-state index in [9.17, 15) is 4.79 Å². The fourth-order valence-electron chi connectivity index (χ4n) is 4.69. The van der Waals surface area contributed by atoms with E-state index < -0.39 is 36.6 Å². The molecule has 7 nitrogen and oxygen atoms in total. The van der Waals surface area contributed by atoms with Crippen LogP contribution in [0.4, 0.5) is 4.79 Å². The normalized spacial score (nSPS) is 26.6. The molecule has 3 aliphatic rings. The molecule has 0 N–H and O–H groups in total. The van der Waals surface area contributed by atoms with Gasteiger partial charge in [0.15, 0.2) is 0 Å². The molecule has 1 aromatic rings. The Morgan fingerprint density at radius 2 is 1.47 bits per heavy atom. The molecular formula is C24H40B2N2O5S. The van der Waals surface area contributed by atoms with Crippen molar-refractivity contribution in [2.24, 2.45) is 0 Å². The van der Waals surface area contributed by atoms with Gasteiger partial charge in [0.25, 0.3) is 0 Å². The van der Waals surface area contributed by atoms with E-state index in [2.05, 4.69) is 61.5 Å². The Morgan fingerprint density at radius 3 is 1.97 bits per heavy atom. The maximum absolute atomic E-state index is 13.6. The van der Waals surface area contributed by atoms with Gasteiger partial charge in [0.1, 0.15) is 5.94 Å². The van der Waals surface area contributed by atoms with Crippen LogP contribution in [-0.4, -0.2) is 72.1 Å². The van der Waals surface area contributed by atoms with Crippen LogP contribution in [0.3, 0.4) is 0 Å². The summed E-state index contributed by atoms with van der Waals surface area (Å²) in [5.41, 5.74) is -0.551. The van der Waals surface area contributed by atoms with Crippen LogP contribution in [0.5, 0.6) is 0 Å². The lowest BCUT2D eigenvalue weighted by molar-refractivity contribution is 0.00578. The summed E-state index contributed by atoms with van der Waals surface area (Å²) in [6.45, 7) is 22.5. The Balaban J connectivity index is 1.72. The van der Waals surface area contributed by atoms with Crippen molar-refractivity contribution in [1.29, 1.82) is 0 Å². The maximum Gasteiger partial charge on any atom is 0.505 e. The molecule has 4 heterocycles. The predicted octanol–water partition coefficient (Wildman–Crippen LogP) is 4.04. The number of urea groups is 1. The number of nitrogens with zero attached hydrogens (tertiary/aromatic N) is 2. The van der Waals surface area contributed by atoms with E-state index >= 15 is 0 Å². The quantitative estimate of drug-likeness (QED) is 0.597. The minimum atomic E-state index is -0.548. The topological polar surface area (TPSA) is 60.5 Å². The fraction of sp³-hybridized carbons (Fsp3) is 0.792. The average Bonchev–Trinajstić information content (AvgIpc) is 3.31. The van der Waals surface area contributed by atoms with Gasteiger partial charge in [-0.25, -0.2) is 4.79 Å². The summed E-state index contributed by atoms with van der Waals surface area (Å²) in [5, 5.41) is 0. The van der Waals surface area contributed by atoms with Gasteiger partial charge < -0.3 is 28.4 Å². The van der Waals surface area contributed by atoms with Gasteiger partial charge in [0.2, 0.25) is 0 Å². The van der Waals surface area contributed by atoms with Crippen molar-refractivity contribution in [1.82, 2.24) is 9.80 Å². The third kappa shape index (κ3) is 4.13. The van der Waals surface area contributed by atoms with Gasteiger partial charge in [-0.05, 0) is 87.3 Å². The summed E-state index contributed by atoms with van der Waals surface area (Å²) in [6, 6.07) is 2.22. The second-order valence-corrected chi connectivity index (χ2v) is 12.7. The van der Waals surface area contributed by atoms with Crippen LogP contribution in [-0.2, 0) is 25.0 Å². The molecule has 0 saturated carbocycles. The van der Waals surface area contributed by atoms with Gasteiger partial charge in [0, 0.05) is 29.3 Å². The Kier molecular flexibility index (Phi) is 6.51. The first-order valence-corrected chi connectivity index (χ1v) is 13.3. The molecule has 0 radical (unpaired) electrons. The summed E-state index contributed by atoms with van der Waals surface area (Å²) in [4.78, 5) is 18.5. The number of carbonyl (C=O) groups is 1. The van der Waals surface area contributed by atoms with Crippen LogP contribution in [0.25, 0.3) is 0 Å². The Bertz CT molecular complexity index is 912. The lowest BCUT2D eigenvalue weighted by atomic mass is 9.73. The van der Waals surface area contributed by atoms with Crippen molar-refractivity contribution < 1.29 is 23.4 Å². The summed E-state index contributed by atoms with van der Waals surface area (Å²) >= 11 is 1.65. The van der Waals surface area contributed by atoms with E-state index in [-0.39, 0.29) is 12.0 Å². The van der Waals surface area contributed by atoms with Crippen molar-refractivity contribution in [3.05, 3.63) is 16.5 Å². The molecule has 4 rings (SSSR count). The lowest BCUT2D eigenvalue weighted by Crippen LogP contribution is -2.52. The van der Waals surface area contributed by atoms with Gasteiger partial charge in [-0.15, -0.1) is 11.3 Å². The smallest absolute Gasteiger partial charge is 0.402 e. The van der Waals surface area contributed by atoms with E-state index in [0.29, 0.717) is 19.6 Å². The van der Waals surface area contributed by atoms with E-state index in [1.807, 2.05) is 23.6 Å². The lowest BCUT2D eigenvalue weighted by Gasteiger charge is -2.39. The van der Waals surface area contributed by atoms with E-state index in [4.69, 9.17) is 18.6 Å². The number of carbonyl (C=O) groups excluding carboxylic acids is 1. The number of rotatable bonds is 4. The van der Waals surface area contributed by atoms with Crippen molar-refractivity contribution in [3.63, 3.8) is 0 Å². The summed E-state index contributed by atoms with van der Waals surface area (Å²) in [6.07, 6.45) is 0.786. The van der Waals surface area contributed by atoms with Crippen LogP contribution in [0, 0.1) is 0 Å². The highest BCUT2D eigenvalue weighted by atomic mass is 32.1. The average molecular weight is 490 g/mol.